The number of amides is 1. The van der Waals surface area contributed by atoms with Crippen molar-refractivity contribution in [3.05, 3.63) is 58.7 Å². The van der Waals surface area contributed by atoms with Crippen molar-refractivity contribution >= 4 is 17.4 Å². The van der Waals surface area contributed by atoms with E-state index in [1.807, 2.05) is 13.0 Å². The third-order valence-corrected chi connectivity index (χ3v) is 7.00. The van der Waals surface area contributed by atoms with Crippen LogP contribution in [0.25, 0.3) is 5.76 Å². The van der Waals surface area contributed by atoms with E-state index in [4.69, 9.17) is 9.47 Å². The standard InChI is InChI=1S/C28H34N2O6/c1-5-29(6-2)12-7-13-30-25(18-8-10-21(31)23(16-18)35-4)24(27(33)28(30)34)26(32)19-9-11-22-20(15-19)14-17(3)36-22/h8-11,15-17,25,31-32H,5-7,12-14H2,1-4H3/b26-24+/t17-,25+/m1/s1. The Morgan fingerprint density at radius 2 is 1.92 bits per heavy atom. The van der Waals surface area contributed by atoms with E-state index in [-0.39, 0.29) is 28.9 Å². The lowest BCUT2D eigenvalue weighted by Crippen LogP contribution is -2.33. The van der Waals surface area contributed by atoms with Crippen LogP contribution in [-0.2, 0) is 16.0 Å². The first-order valence-electron chi connectivity index (χ1n) is 12.5. The fraction of sp³-hybridized carbons (Fsp3) is 0.429. The highest BCUT2D eigenvalue weighted by Crippen LogP contribution is 2.42. The quantitative estimate of drug-likeness (QED) is 0.310. The highest BCUT2D eigenvalue weighted by Gasteiger charge is 2.46. The molecule has 2 aliphatic rings. The molecule has 2 atom stereocenters. The largest absolute Gasteiger partial charge is 0.507 e. The molecule has 0 bridgehead atoms. The molecule has 8 heteroatoms. The Hall–Kier alpha value is -3.52. The van der Waals surface area contributed by atoms with Gasteiger partial charge in [0.15, 0.2) is 11.5 Å². The number of hydrogen-bond acceptors (Lipinski definition) is 7. The van der Waals surface area contributed by atoms with Gasteiger partial charge in [0.05, 0.1) is 18.7 Å². The number of phenols is 1. The molecule has 36 heavy (non-hydrogen) atoms. The Morgan fingerprint density at radius 1 is 1.17 bits per heavy atom. The highest BCUT2D eigenvalue weighted by molar-refractivity contribution is 6.46. The summed E-state index contributed by atoms with van der Waals surface area (Å²) < 4.78 is 11.0. The number of Topliss-reactive ketones (excluding diaryl/α,β-unsaturated/α-hetero) is 1. The topological polar surface area (TPSA) is 99.5 Å². The zero-order valence-corrected chi connectivity index (χ0v) is 21.3. The van der Waals surface area contributed by atoms with Crippen LogP contribution < -0.4 is 9.47 Å². The molecule has 0 radical (unpaired) electrons. The Kier molecular flexibility index (Phi) is 7.54. The first-order chi connectivity index (χ1) is 17.3. The first kappa shape index (κ1) is 25.6. The minimum absolute atomic E-state index is 0.0301. The number of aliphatic hydroxyl groups is 1. The minimum atomic E-state index is -0.806. The van der Waals surface area contributed by atoms with Crippen LogP contribution in [0.3, 0.4) is 0 Å². The van der Waals surface area contributed by atoms with Gasteiger partial charge in [-0.25, -0.2) is 0 Å². The lowest BCUT2D eigenvalue weighted by Gasteiger charge is -2.27. The van der Waals surface area contributed by atoms with Crippen molar-refractivity contribution < 1.29 is 29.3 Å². The molecule has 2 aromatic carbocycles. The number of aliphatic hydroxyl groups excluding tert-OH is 1. The summed E-state index contributed by atoms with van der Waals surface area (Å²) >= 11 is 0. The summed E-state index contributed by atoms with van der Waals surface area (Å²) in [6.45, 7) is 9.07. The SMILES string of the molecule is CCN(CC)CCCN1C(=O)C(=O)/C(=C(/O)c2ccc3c(c2)C[C@@H](C)O3)[C@@H]1c1ccc(O)c(OC)c1. The fourth-order valence-electron chi connectivity index (χ4n) is 5.05. The van der Waals surface area contributed by atoms with Crippen molar-refractivity contribution in [1.82, 2.24) is 9.80 Å². The molecule has 0 aromatic heterocycles. The molecule has 4 rings (SSSR count). The number of likely N-dealkylation sites (tertiary alicyclic amines) is 1. The van der Waals surface area contributed by atoms with Crippen LogP contribution in [0.1, 0.15) is 49.9 Å². The number of methoxy groups -OCH3 is 1. The monoisotopic (exact) mass is 494 g/mol. The molecule has 0 spiro atoms. The van der Waals surface area contributed by atoms with Gasteiger partial charge < -0.3 is 29.5 Å². The number of carbonyl (C=O) groups is 2. The molecule has 1 saturated heterocycles. The van der Waals surface area contributed by atoms with Gasteiger partial charge in [-0.15, -0.1) is 0 Å². The van der Waals surface area contributed by atoms with Gasteiger partial charge in [0.2, 0.25) is 0 Å². The Bertz CT molecular complexity index is 1190. The molecule has 1 amide bonds. The van der Waals surface area contributed by atoms with Crippen LogP contribution in [0.15, 0.2) is 42.0 Å². The Labute approximate surface area is 211 Å². The van der Waals surface area contributed by atoms with E-state index in [0.29, 0.717) is 30.5 Å². The number of ketones is 1. The predicted octanol–water partition coefficient (Wildman–Crippen LogP) is 3.88. The summed E-state index contributed by atoms with van der Waals surface area (Å²) in [5.74, 6) is -0.657. The zero-order chi connectivity index (χ0) is 26.0. The van der Waals surface area contributed by atoms with Crippen LogP contribution in [0.2, 0.25) is 0 Å². The van der Waals surface area contributed by atoms with E-state index < -0.39 is 17.7 Å². The molecule has 0 aliphatic carbocycles. The maximum Gasteiger partial charge on any atom is 0.295 e. The van der Waals surface area contributed by atoms with Crippen molar-refractivity contribution in [3.63, 3.8) is 0 Å². The molecule has 2 N–H and O–H groups in total. The molecule has 2 aliphatic heterocycles. The van der Waals surface area contributed by atoms with Gasteiger partial charge in [0.25, 0.3) is 11.7 Å². The number of ether oxygens (including phenoxy) is 2. The van der Waals surface area contributed by atoms with Crippen molar-refractivity contribution in [1.29, 1.82) is 0 Å². The predicted molar refractivity (Wildman–Crippen MR) is 136 cm³/mol. The summed E-state index contributed by atoms with van der Waals surface area (Å²) in [4.78, 5) is 30.3. The number of aromatic hydroxyl groups is 1. The number of nitrogens with zero attached hydrogens (tertiary/aromatic N) is 2. The minimum Gasteiger partial charge on any atom is -0.507 e. The molecule has 8 nitrogen and oxygen atoms in total. The van der Waals surface area contributed by atoms with E-state index in [9.17, 15) is 19.8 Å². The maximum absolute atomic E-state index is 13.3. The van der Waals surface area contributed by atoms with E-state index in [0.717, 1.165) is 30.9 Å². The Balaban J connectivity index is 1.77. The molecular weight excluding hydrogens is 460 g/mol. The van der Waals surface area contributed by atoms with E-state index in [1.165, 1.54) is 18.1 Å². The number of phenolic OH excluding ortho intramolecular Hbond substituents is 1. The molecule has 0 saturated carbocycles. The van der Waals surface area contributed by atoms with Gasteiger partial charge in [0, 0.05) is 18.5 Å². The lowest BCUT2D eigenvalue weighted by atomic mass is 9.94. The second kappa shape index (κ2) is 10.6. The molecule has 2 heterocycles. The molecule has 1 fully saturated rings. The molecule has 2 aromatic rings. The third kappa shape index (κ3) is 4.78. The summed E-state index contributed by atoms with van der Waals surface area (Å²) in [5.41, 5.74) is 2.01. The smallest absolute Gasteiger partial charge is 0.295 e. The van der Waals surface area contributed by atoms with Gasteiger partial charge in [-0.05, 0) is 74.4 Å². The van der Waals surface area contributed by atoms with Gasteiger partial charge in [-0.3, -0.25) is 9.59 Å². The average Bonchev–Trinajstić information content (AvgIpc) is 3.37. The van der Waals surface area contributed by atoms with Gasteiger partial charge in [-0.1, -0.05) is 19.9 Å². The summed E-state index contributed by atoms with van der Waals surface area (Å²) in [6, 6.07) is 9.22. The zero-order valence-electron chi connectivity index (χ0n) is 21.3. The lowest BCUT2D eigenvalue weighted by molar-refractivity contribution is -0.140. The van der Waals surface area contributed by atoms with Crippen molar-refractivity contribution in [2.24, 2.45) is 0 Å². The summed E-state index contributed by atoms with van der Waals surface area (Å²) in [5, 5.41) is 21.5. The fourth-order valence-corrected chi connectivity index (χ4v) is 5.05. The number of carbonyl (C=O) groups excluding carboxylic acids is 2. The molecule has 192 valence electrons. The number of fused-ring (bicyclic) bond motifs is 1. The average molecular weight is 495 g/mol. The van der Waals surface area contributed by atoms with E-state index >= 15 is 0 Å². The van der Waals surface area contributed by atoms with Crippen LogP contribution >= 0.6 is 0 Å². The van der Waals surface area contributed by atoms with Crippen LogP contribution in [0, 0.1) is 0 Å². The summed E-state index contributed by atoms with van der Waals surface area (Å²) in [7, 11) is 1.44. The van der Waals surface area contributed by atoms with Crippen LogP contribution in [-0.4, -0.2) is 71.1 Å². The van der Waals surface area contributed by atoms with E-state index in [1.54, 1.807) is 24.3 Å². The highest BCUT2D eigenvalue weighted by atomic mass is 16.5. The van der Waals surface area contributed by atoms with Crippen molar-refractivity contribution in [3.8, 4) is 17.2 Å². The van der Waals surface area contributed by atoms with Gasteiger partial charge in [-0.2, -0.15) is 0 Å². The molecule has 0 unspecified atom stereocenters. The normalized spacial score (nSPS) is 20.6. The third-order valence-electron chi connectivity index (χ3n) is 7.00. The number of rotatable bonds is 9. The van der Waals surface area contributed by atoms with Crippen LogP contribution in [0.5, 0.6) is 17.2 Å². The first-order valence-corrected chi connectivity index (χ1v) is 12.5. The second-order valence-electron chi connectivity index (χ2n) is 9.26. The van der Waals surface area contributed by atoms with Gasteiger partial charge in [0.1, 0.15) is 17.6 Å². The Morgan fingerprint density at radius 3 is 2.61 bits per heavy atom. The summed E-state index contributed by atoms with van der Waals surface area (Å²) in [6.07, 6.45) is 1.42. The van der Waals surface area contributed by atoms with Crippen LogP contribution in [0.4, 0.5) is 0 Å². The maximum atomic E-state index is 13.3. The van der Waals surface area contributed by atoms with E-state index in [2.05, 4.69) is 18.7 Å². The van der Waals surface area contributed by atoms with Crippen molar-refractivity contribution in [2.45, 2.75) is 45.8 Å². The van der Waals surface area contributed by atoms with Crippen molar-refractivity contribution in [2.75, 3.05) is 33.3 Å². The molecular formula is C28H34N2O6. The second-order valence-corrected chi connectivity index (χ2v) is 9.26. The number of hydrogen-bond donors (Lipinski definition) is 2. The van der Waals surface area contributed by atoms with Gasteiger partial charge >= 0.3 is 0 Å². The number of benzene rings is 2.